The molecule has 0 saturated heterocycles. The summed E-state index contributed by atoms with van der Waals surface area (Å²) in [5.74, 6) is 0. The van der Waals surface area contributed by atoms with Crippen molar-refractivity contribution in [1.82, 2.24) is 5.32 Å². The van der Waals surface area contributed by atoms with E-state index in [0.29, 0.717) is 5.56 Å². The summed E-state index contributed by atoms with van der Waals surface area (Å²) in [5.41, 5.74) is 3.03. The number of benzene rings is 1. The van der Waals surface area contributed by atoms with Gasteiger partial charge in [-0.3, -0.25) is 0 Å². The molecule has 16 heavy (non-hydrogen) atoms. The average molecular weight is 279 g/mol. The van der Waals surface area contributed by atoms with Crippen LogP contribution in [0.15, 0.2) is 24.3 Å². The minimum atomic E-state index is 0.706. The van der Waals surface area contributed by atoms with Gasteiger partial charge in [0.2, 0.25) is 0 Å². The van der Waals surface area contributed by atoms with Gasteiger partial charge in [-0.15, -0.1) is 0 Å². The molecule has 0 aliphatic carbocycles. The van der Waals surface area contributed by atoms with Crippen LogP contribution in [0.3, 0.4) is 0 Å². The number of nitrogens with zero attached hydrogens (tertiary/aromatic N) is 1. The summed E-state index contributed by atoms with van der Waals surface area (Å²) in [6, 6.07) is 7.92. The largest absolute Gasteiger partial charge is 0.319 e. The van der Waals surface area contributed by atoms with Crippen molar-refractivity contribution < 1.29 is 0 Å². The van der Waals surface area contributed by atoms with Crippen molar-refractivity contribution in [3.8, 4) is 6.07 Å². The zero-order valence-corrected chi connectivity index (χ0v) is 10.9. The number of nitrogens with one attached hydrogen (secondary N) is 1. The Balaban J connectivity index is 2.83. The summed E-state index contributed by atoms with van der Waals surface area (Å²) in [7, 11) is 1.94. The van der Waals surface area contributed by atoms with Crippen LogP contribution < -0.4 is 5.32 Å². The van der Waals surface area contributed by atoms with Crippen LogP contribution >= 0.6 is 15.9 Å². The van der Waals surface area contributed by atoms with Crippen molar-refractivity contribution in [1.29, 1.82) is 5.26 Å². The van der Waals surface area contributed by atoms with E-state index < -0.39 is 0 Å². The summed E-state index contributed by atoms with van der Waals surface area (Å²) in [5, 5.41) is 12.7. The van der Waals surface area contributed by atoms with Gasteiger partial charge in [0.15, 0.2) is 0 Å². The number of hydrogen-bond acceptors (Lipinski definition) is 2. The Morgan fingerprint density at radius 3 is 2.94 bits per heavy atom. The van der Waals surface area contributed by atoms with Crippen LogP contribution in [-0.2, 0) is 5.33 Å². The van der Waals surface area contributed by atoms with Crippen molar-refractivity contribution in [3.63, 3.8) is 0 Å². The molecule has 0 radical (unpaired) electrons. The number of alkyl halides is 1. The van der Waals surface area contributed by atoms with Gasteiger partial charge in [-0.2, -0.15) is 5.26 Å². The molecule has 1 aromatic carbocycles. The Morgan fingerprint density at radius 1 is 1.50 bits per heavy atom. The first-order chi connectivity index (χ1) is 7.81. The number of rotatable bonds is 5. The van der Waals surface area contributed by atoms with Crippen LogP contribution in [0.25, 0.3) is 6.08 Å². The average Bonchev–Trinajstić information content (AvgIpc) is 2.34. The van der Waals surface area contributed by atoms with Gasteiger partial charge in [-0.1, -0.05) is 34.1 Å². The van der Waals surface area contributed by atoms with Crippen LogP contribution in [0.5, 0.6) is 0 Å². The third-order valence-electron chi connectivity index (χ3n) is 2.28. The van der Waals surface area contributed by atoms with Crippen molar-refractivity contribution in [2.45, 2.75) is 11.8 Å². The van der Waals surface area contributed by atoms with Crippen LogP contribution in [0.2, 0.25) is 0 Å². The molecule has 3 heteroatoms. The highest BCUT2D eigenvalue weighted by molar-refractivity contribution is 9.08. The lowest BCUT2D eigenvalue weighted by Crippen LogP contribution is -2.05. The lowest BCUT2D eigenvalue weighted by molar-refractivity contribution is 0.809. The highest BCUT2D eigenvalue weighted by Gasteiger charge is 1.99. The normalized spacial score (nSPS) is 10.6. The van der Waals surface area contributed by atoms with E-state index in [2.05, 4.69) is 39.5 Å². The molecule has 0 amide bonds. The molecule has 0 aromatic heterocycles. The van der Waals surface area contributed by atoms with Crippen LogP contribution in [0, 0.1) is 11.3 Å². The van der Waals surface area contributed by atoms with E-state index in [4.69, 9.17) is 5.26 Å². The van der Waals surface area contributed by atoms with Gasteiger partial charge in [-0.05, 0) is 43.3 Å². The molecule has 0 fully saturated rings. The standard InChI is InChI=1S/C13H15BrN2/c1-16-7-3-2-4-12-8-11(10-15)5-6-13(12)9-14/h2,4-6,8,16H,3,7,9H2,1H3. The minimum Gasteiger partial charge on any atom is -0.319 e. The van der Waals surface area contributed by atoms with Crippen molar-refractivity contribution in [3.05, 3.63) is 41.0 Å². The molecular formula is C13H15BrN2. The first-order valence-electron chi connectivity index (χ1n) is 5.22. The lowest BCUT2D eigenvalue weighted by Gasteiger charge is -2.02. The maximum Gasteiger partial charge on any atom is 0.0991 e. The summed E-state index contributed by atoms with van der Waals surface area (Å²) >= 11 is 3.45. The monoisotopic (exact) mass is 278 g/mol. The fourth-order valence-electron chi connectivity index (χ4n) is 1.38. The fraction of sp³-hybridized carbons (Fsp3) is 0.308. The van der Waals surface area contributed by atoms with Crippen molar-refractivity contribution >= 4 is 22.0 Å². The molecule has 0 atom stereocenters. The Hall–Kier alpha value is -1.11. The smallest absolute Gasteiger partial charge is 0.0991 e. The predicted octanol–water partition coefficient (Wildman–Crippen LogP) is 3.08. The van der Waals surface area contributed by atoms with E-state index in [1.165, 1.54) is 5.56 Å². The van der Waals surface area contributed by atoms with Gasteiger partial charge >= 0.3 is 0 Å². The molecule has 1 aromatic rings. The van der Waals surface area contributed by atoms with E-state index in [1.807, 2.05) is 25.2 Å². The predicted molar refractivity (Wildman–Crippen MR) is 71.4 cm³/mol. The lowest BCUT2D eigenvalue weighted by atomic mass is 10.0. The van der Waals surface area contributed by atoms with Gasteiger partial charge in [0.25, 0.3) is 0 Å². The first-order valence-corrected chi connectivity index (χ1v) is 6.34. The van der Waals surface area contributed by atoms with E-state index in [-0.39, 0.29) is 0 Å². The molecule has 0 unspecified atom stereocenters. The molecular weight excluding hydrogens is 264 g/mol. The molecule has 0 spiro atoms. The van der Waals surface area contributed by atoms with E-state index in [0.717, 1.165) is 23.9 Å². The molecule has 0 bridgehead atoms. The number of nitriles is 1. The molecule has 1 N–H and O–H groups in total. The summed E-state index contributed by atoms with van der Waals surface area (Å²) in [6.45, 7) is 0.970. The SMILES string of the molecule is CNCCC=Cc1cc(C#N)ccc1CBr. The Morgan fingerprint density at radius 2 is 2.31 bits per heavy atom. The van der Waals surface area contributed by atoms with Gasteiger partial charge in [0, 0.05) is 5.33 Å². The first kappa shape index (κ1) is 13.0. The van der Waals surface area contributed by atoms with E-state index >= 15 is 0 Å². The Kier molecular flexibility index (Phi) is 5.84. The fourth-order valence-corrected chi connectivity index (χ4v) is 1.89. The molecule has 0 aliphatic heterocycles. The van der Waals surface area contributed by atoms with Crippen molar-refractivity contribution in [2.75, 3.05) is 13.6 Å². The topological polar surface area (TPSA) is 35.8 Å². The number of hydrogen-bond donors (Lipinski definition) is 1. The Bertz CT molecular complexity index is 405. The maximum atomic E-state index is 8.84. The second-order valence-corrected chi connectivity index (χ2v) is 4.01. The molecule has 0 saturated carbocycles. The summed E-state index contributed by atoms with van der Waals surface area (Å²) < 4.78 is 0. The maximum absolute atomic E-state index is 8.84. The second-order valence-electron chi connectivity index (χ2n) is 3.45. The van der Waals surface area contributed by atoms with Crippen LogP contribution in [0.4, 0.5) is 0 Å². The molecule has 1 rings (SSSR count). The molecule has 0 aliphatic rings. The third-order valence-corrected chi connectivity index (χ3v) is 2.88. The zero-order valence-electron chi connectivity index (χ0n) is 9.33. The zero-order chi connectivity index (χ0) is 11.8. The van der Waals surface area contributed by atoms with Gasteiger partial charge < -0.3 is 5.32 Å². The molecule has 2 nitrogen and oxygen atoms in total. The van der Waals surface area contributed by atoms with Crippen molar-refractivity contribution in [2.24, 2.45) is 0 Å². The quantitative estimate of drug-likeness (QED) is 0.664. The summed E-state index contributed by atoms with van der Waals surface area (Å²) in [4.78, 5) is 0. The minimum absolute atomic E-state index is 0.706. The highest BCUT2D eigenvalue weighted by atomic mass is 79.9. The second kappa shape index (κ2) is 7.21. The van der Waals surface area contributed by atoms with Crippen LogP contribution in [0.1, 0.15) is 23.1 Å². The molecule has 0 heterocycles. The van der Waals surface area contributed by atoms with Crippen LogP contribution in [-0.4, -0.2) is 13.6 Å². The number of halogens is 1. The summed E-state index contributed by atoms with van der Waals surface area (Å²) in [6.07, 6.45) is 5.20. The van der Waals surface area contributed by atoms with Gasteiger partial charge in [0.1, 0.15) is 0 Å². The van der Waals surface area contributed by atoms with E-state index in [1.54, 1.807) is 0 Å². The van der Waals surface area contributed by atoms with E-state index in [9.17, 15) is 0 Å². The molecule has 84 valence electrons. The van der Waals surface area contributed by atoms with Gasteiger partial charge in [-0.25, -0.2) is 0 Å². The third kappa shape index (κ3) is 3.80. The Labute approximate surface area is 105 Å². The van der Waals surface area contributed by atoms with Gasteiger partial charge in [0.05, 0.1) is 11.6 Å². The highest BCUT2D eigenvalue weighted by Crippen LogP contribution is 2.16.